The fourth-order valence-electron chi connectivity index (χ4n) is 2.84. The van der Waals surface area contributed by atoms with Crippen molar-refractivity contribution in [1.82, 2.24) is 4.98 Å². The average Bonchev–Trinajstić information content (AvgIpc) is 3.35. The molecule has 3 aromatic rings. The molecule has 1 saturated carbocycles. The average molecular weight is 311 g/mol. The summed E-state index contributed by atoms with van der Waals surface area (Å²) in [5.74, 6) is 0.319. The lowest BCUT2D eigenvalue weighted by molar-refractivity contribution is 0.164. The Morgan fingerprint density at radius 2 is 1.91 bits per heavy atom. The monoisotopic (exact) mass is 311 g/mol. The van der Waals surface area contributed by atoms with Crippen molar-refractivity contribution in [3.05, 3.63) is 50.9 Å². The van der Waals surface area contributed by atoms with Crippen LogP contribution in [0.4, 0.5) is 17.1 Å². The van der Waals surface area contributed by atoms with Gasteiger partial charge in [0, 0.05) is 23.6 Å². The number of hydrogen-bond acceptors (Lipinski definition) is 5. The summed E-state index contributed by atoms with van der Waals surface area (Å²) < 4.78 is 0. The number of aliphatic hydroxyl groups is 1. The van der Waals surface area contributed by atoms with Gasteiger partial charge in [0.1, 0.15) is 11.4 Å². The van der Waals surface area contributed by atoms with Gasteiger partial charge < -0.3 is 20.7 Å². The van der Waals surface area contributed by atoms with Gasteiger partial charge in [0.05, 0.1) is 11.8 Å². The van der Waals surface area contributed by atoms with Crippen LogP contribution in [0.3, 0.4) is 0 Å². The molecular formula is C17H17N3O3. The third kappa shape index (κ3) is 2.41. The maximum Gasteiger partial charge on any atom is 0.253 e. The highest BCUT2D eigenvalue weighted by molar-refractivity contribution is 5.95. The van der Waals surface area contributed by atoms with Crippen LogP contribution in [0.2, 0.25) is 0 Å². The largest absolute Gasteiger partial charge is 0.391 e. The first-order valence-electron chi connectivity index (χ1n) is 7.73. The summed E-state index contributed by atoms with van der Waals surface area (Å²) in [4.78, 5) is 26.7. The number of aromatic nitrogens is 1. The van der Waals surface area contributed by atoms with Crippen LogP contribution in [-0.2, 0) is 0 Å². The van der Waals surface area contributed by atoms with Gasteiger partial charge in [-0.25, -0.2) is 0 Å². The van der Waals surface area contributed by atoms with Crippen molar-refractivity contribution in [3.63, 3.8) is 0 Å². The molecule has 6 heteroatoms. The van der Waals surface area contributed by atoms with E-state index in [1.54, 1.807) is 6.20 Å². The molecule has 1 aromatic heterocycles. The molecule has 1 heterocycles. The Morgan fingerprint density at radius 3 is 2.70 bits per heavy atom. The minimum Gasteiger partial charge on any atom is -0.391 e. The molecule has 6 nitrogen and oxygen atoms in total. The van der Waals surface area contributed by atoms with Crippen molar-refractivity contribution in [2.75, 3.05) is 17.2 Å². The first-order valence-corrected chi connectivity index (χ1v) is 7.73. The van der Waals surface area contributed by atoms with Gasteiger partial charge in [0.15, 0.2) is 0 Å². The lowest BCUT2D eigenvalue weighted by Gasteiger charge is -2.16. The van der Waals surface area contributed by atoms with Crippen molar-refractivity contribution in [1.29, 1.82) is 0 Å². The molecule has 0 aliphatic heterocycles. The summed E-state index contributed by atoms with van der Waals surface area (Å²) in [7, 11) is 0. The van der Waals surface area contributed by atoms with Gasteiger partial charge in [-0.05, 0) is 24.8 Å². The van der Waals surface area contributed by atoms with Gasteiger partial charge in [-0.2, -0.15) is 0 Å². The van der Waals surface area contributed by atoms with Gasteiger partial charge >= 0.3 is 0 Å². The standard InChI is InChI=1S/C17H17N3O3/c21-13(9-5-6-9)8-19-14-15(17(23)16(14)22)20-12-7-18-11-4-2-1-3-10(11)12/h1-4,7,9,13,18-21H,5-6,8H2. The highest BCUT2D eigenvalue weighted by Gasteiger charge is 2.30. The zero-order chi connectivity index (χ0) is 16.0. The van der Waals surface area contributed by atoms with Crippen molar-refractivity contribution in [2.24, 2.45) is 5.92 Å². The number of benzene rings is 1. The Hall–Kier alpha value is -2.60. The van der Waals surface area contributed by atoms with Crippen molar-refractivity contribution in [2.45, 2.75) is 18.9 Å². The van der Waals surface area contributed by atoms with Gasteiger partial charge in [0.25, 0.3) is 10.9 Å². The van der Waals surface area contributed by atoms with E-state index in [1.807, 2.05) is 24.3 Å². The Bertz CT molecular complexity index is 932. The smallest absolute Gasteiger partial charge is 0.253 e. The Morgan fingerprint density at radius 1 is 1.17 bits per heavy atom. The minimum absolute atomic E-state index is 0.264. The number of rotatable bonds is 6. The number of anilines is 3. The van der Waals surface area contributed by atoms with Crippen molar-refractivity contribution in [3.8, 4) is 0 Å². The second-order valence-electron chi connectivity index (χ2n) is 6.07. The lowest BCUT2D eigenvalue weighted by Crippen LogP contribution is -2.38. The van der Waals surface area contributed by atoms with E-state index in [0.717, 1.165) is 29.4 Å². The van der Waals surface area contributed by atoms with E-state index in [4.69, 9.17) is 0 Å². The normalized spacial score (nSPS) is 15.9. The molecule has 1 atom stereocenters. The molecule has 2 aromatic carbocycles. The summed E-state index contributed by atoms with van der Waals surface area (Å²) in [6.45, 7) is 0.290. The van der Waals surface area contributed by atoms with Crippen LogP contribution in [0.25, 0.3) is 10.9 Å². The number of nitrogens with one attached hydrogen (secondary N) is 3. The van der Waals surface area contributed by atoms with E-state index < -0.39 is 17.0 Å². The van der Waals surface area contributed by atoms with E-state index in [9.17, 15) is 14.7 Å². The van der Waals surface area contributed by atoms with Gasteiger partial charge in [-0.3, -0.25) is 9.59 Å². The maximum absolute atomic E-state index is 11.8. The Kier molecular flexibility index (Phi) is 3.20. The number of H-pyrrole nitrogens is 1. The first kappa shape index (κ1) is 14.0. The Labute approximate surface area is 131 Å². The molecule has 118 valence electrons. The molecule has 1 aliphatic carbocycles. The van der Waals surface area contributed by atoms with Crippen molar-refractivity contribution >= 4 is 28.0 Å². The summed E-state index contributed by atoms with van der Waals surface area (Å²) in [5.41, 5.74) is 1.17. The quantitative estimate of drug-likeness (QED) is 0.520. The topological polar surface area (TPSA) is 94.2 Å². The van der Waals surface area contributed by atoms with Crippen LogP contribution in [0.1, 0.15) is 12.8 Å². The summed E-state index contributed by atoms with van der Waals surface area (Å²) in [6.07, 6.45) is 3.34. The van der Waals surface area contributed by atoms with E-state index in [2.05, 4.69) is 15.6 Å². The fourth-order valence-corrected chi connectivity index (χ4v) is 2.84. The molecule has 1 fully saturated rings. The van der Waals surface area contributed by atoms with Crippen LogP contribution >= 0.6 is 0 Å². The first-order chi connectivity index (χ1) is 11.1. The summed E-state index contributed by atoms with van der Waals surface area (Å²) in [5, 5.41) is 16.8. The predicted molar refractivity (Wildman–Crippen MR) is 90.2 cm³/mol. The number of para-hydroxylation sites is 1. The van der Waals surface area contributed by atoms with E-state index in [-0.39, 0.29) is 17.9 Å². The fraction of sp³-hybridized carbons (Fsp3) is 0.294. The number of fused-ring (bicyclic) bond motifs is 1. The second kappa shape index (κ2) is 5.24. The molecule has 4 N–H and O–H groups in total. The van der Waals surface area contributed by atoms with Crippen molar-refractivity contribution < 1.29 is 5.11 Å². The van der Waals surface area contributed by atoms with Crippen LogP contribution in [-0.4, -0.2) is 22.7 Å². The molecule has 0 spiro atoms. The SMILES string of the molecule is O=c1c(NCC(O)C2CC2)c(Nc2c[nH]c3ccccc23)c1=O. The number of hydrogen-bond donors (Lipinski definition) is 4. The summed E-state index contributed by atoms with van der Waals surface area (Å²) >= 11 is 0. The van der Waals surface area contributed by atoms with E-state index in [0.29, 0.717) is 5.92 Å². The molecule has 1 unspecified atom stereocenters. The third-order valence-electron chi connectivity index (χ3n) is 4.41. The lowest BCUT2D eigenvalue weighted by atomic mass is 10.1. The van der Waals surface area contributed by atoms with Gasteiger partial charge in [-0.15, -0.1) is 0 Å². The van der Waals surface area contributed by atoms with Crippen LogP contribution in [0, 0.1) is 5.92 Å². The van der Waals surface area contributed by atoms with E-state index >= 15 is 0 Å². The van der Waals surface area contributed by atoms with Gasteiger partial charge in [0.2, 0.25) is 0 Å². The molecule has 4 rings (SSSR count). The summed E-state index contributed by atoms with van der Waals surface area (Å²) in [6, 6.07) is 7.71. The number of aliphatic hydroxyl groups excluding tert-OH is 1. The zero-order valence-corrected chi connectivity index (χ0v) is 12.4. The minimum atomic E-state index is -0.532. The predicted octanol–water partition coefficient (Wildman–Crippen LogP) is 1.69. The molecule has 23 heavy (non-hydrogen) atoms. The molecular weight excluding hydrogens is 294 g/mol. The third-order valence-corrected chi connectivity index (χ3v) is 4.41. The van der Waals surface area contributed by atoms with Crippen LogP contribution in [0.5, 0.6) is 0 Å². The zero-order valence-electron chi connectivity index (χ0n) is 12.4. The van der Waals surface area contributed by atoms with Crippen LogP contribution in [0.15, 0.2) is 40.1 Å². The maximum atomic E-state index is 11.8. The molecule has 0 amide bonds. The molecule has 0 saturated heterocycles. The highest BCUT2D eigenvalue weighted by Crippen LogP contribution is 2.33. The second-order valence-corrected chi connectivity index (χ2v) is 6.07. The van der Waals surface area contributed by atoms with Gasteiger partial charge in [-0.1, -0.05) is 18.2 Å². The molecule has 1 aliphatic rings. The van der Waals surface area contributed by atoms with Crippen LogP contribution < -0.4 is 21.5 Å². The molecule has 0 radical (unpaired) electrons. The molecule has 0 bridgehead atoms. The number of aromatic amines is 1. The Balaban J connectivity index is 1.56. The van der Waals surface area contributed by atoms with E-state index in [1.165, 1.54) is 0 Å². The highest BCUT2D eigenvalue weighted by atomic mass is 16.3.